The normalized spacial score (nSPS) is 25.6. The summed E-state index contributed by atoms with van der Waals surface area (Å²) in [6.07, 6.45) is 0.925. The van der Waals surface area contributed by atoms with Crippen molar-refractivity contribution in [1.82, 2.24) is 9.80 Å². The fourth-order valence-corrected chi connectivity index (χ4v) is 3.27. The summed E-state index contributed by atoms with van der Waals surface area (Å²) in [7, 11) is 1.79. The first-order valence-corrected chi connectivity index (χ1v) is 8.32. The van der Waals surface area contributed by atoms with E-state index in [-0.39, 0.29) is 23.8 Å². The van der Waals surface area contributed by atoms with Crippen LogP contribution in [0, 0.1) is 5.92 Å². The highest BCUT2D eigenvalue weighted by atomic mass is 35.5. The van der Waals surface area contributed by atoms with E-state index in [9.17, 15) is 9.59 Å². The lowest BCUT2D eigenvalue weighted by Gasteiger charge is -2.37. The first-order valence-electron chi connectivity index (χ1n) is 7.94. The smallest absolute Gasteiger partial charge is 0.226 e. The van der Waals surface area contributed by atoms with Crippen LogP contribution in [-0.4, -0.2) is 54.9 Å². The molecule has 0 aliphatic carbocycles. The van der Waals surface area contributed by atoms with E-state index in [1.54, 1.807) is 11.9 Å². The number of piperidine rings is 1. The highest BCUT2D eigenvalue weighted by molar-refractivity contribution is 6.30. The summed E-state index contributed by atoms with van der Waals surface area (Å²) in [5, 5.41) is 0.683. The standard InChI is InChI=1S/C17H21ClN2O3/c1-19-7-6-13(10-16(19)21)17(22)20-8-9-23-15(11-20)12-2-4-14(18)5-3-12/h2-5,13,15H,6-11H2,1H3. The molecule has 5 nitrogen and oxygen atoms in total. The van der Waals surface area contributed by atoms with Crippen molar-refractivity contribution in [2.75, 3.05) is 33.3 Å². The molecule has 2 unspecified atom stereocenters. The maximum Gasteiger partial charge on any atom is 0.226 e. The summed E-state index contributed by atoms with van der Waals surface area (Å²) in [5.41, 5.74) is 1.02. The predicted octanol–water partition coefficient (Wildman–Crippen LogP) is 2.11. The quantitative estimate of drug-likeness (QED) is 0.831. The summed E-state index contributed by atoms with van der Waals surface area (Å²) in [4.78, 5) is 28.1. The van der Waals surface area contributed by atoms with Crippen molar-refractivity contribution in [3.63, 3.8) is 0 Å². The van der Waals surface area contributed by atoms with Crippen LogP contribution < -0.4 is 0 Å². The Balaban J connectivity index is 1.65. The van der Waals surface area contributed by atoms with Gasteiger partial charge in [0.2, 0.25) is 11.8 Å². The van der Waals surface area contributed by atoms with Gasteiger partial charge in [-0.05, 0) is 24.1 Å². The Morgan fingerprint density at radius 3 is 2.70 bits per heavy atom. The second-order valence-electron chi connectivity index (χ2n) is 6.20. The van der Waals surface area contributed by atoms with E-state index in [4.69, 9.17) is 16.3 Å². The zero-order chi connectivity index (χ0) is 16.4. The number of amides is 2. The Hall–Kier alpha value is -1.59. The number of likely N-dealkylation sites (tertiary alicyclic amines) is 1. The predicted molar refractivity (Wildman–Crippen MR) is 87.1 cm³/mol. The molecule has 2 atom stereocenters. The number of morpholine rings is 1. The van der Waals surface area contributed by atoms with E-state index in [0.717, 1.165) is 12.0 Å². The molecule has 2 aliphatic heterocycles. The minimum Gasteiger partial charge on any atom is -0.370 e. The number of nitrogens with zero attached hydrogens (tertiary/aromatic N) is 2. The maximum atomic E-state index is 12.7. The van der Waals surface area contributed by atoms with Crippen LogP contribution >= 0.6 is 11.6 Å². The van der Waals surface area contributed by atoms with Crippen molar-refractivity contribution in [3.05, 3.63) is 34.9 Å². The van der Waals surface area contributed by atoms with Crippen molar-refractivity contribution >= 4 is 23.4 Å². The molecular weight excluding hydrogens is 316 g/mol. The second-order valence-corrected chi connectivity index (χ2v) is 6.64. The summed E-state index contributed by atoms with van der Waals surface area (Å²) < 4.78 is 5.80. The molecule has 2 heterocycles. The van der Waals surface area contributed by atoms with Crippen LogP contribution in [0.1, 0.15) is 24.5 Å². The summed E-state index contributed by atoms with van der Waals surface area (Å²) in [5.74, 6) is -0.0616. The van der Waals surface area contributed by atoms with Crippen molar-refractivity contribution in [2.24, 2.45) is 5.92 Å². The Labute approximate surface area is 141 Å². The first-order chi connectivity index (χ1) is 11.0. The molecule has 2 aliphatic rings. The Morgan fingerprint density at radius 1 is 1.26 bits per heavy atom. The number of carbonyl (C=O) groups excluding carboxylic acids is 2. The third-order valence-corrected chi connectivity index (χ3v) is 4.88. The first kappa shape index (κ1) is 16.3. The van der Waals surface area contributed by atoms with Crippen LogP contribution in [0.5, 0.6) is 0 Å². The van der Waals surface area contributed by atoms with Gasteiger partial charge in [-0.1, -0.05) is 23.7 Å². The van der Waals surface area contributed by atoms with Crippen LogP contribution in [0.2, 0.25) is 5.02 Å². The maximum absolute atomic E-state index is 12.7. The number of rotatable bonds is 2. The zero-order valence-electron chi connectivity index (χ0n) is 13.2. The Kier molecular flexibility index (Phi) is 4.87. The molecule has 2 fully saturated rings. The second kappa shape index (κ2) is 6.89. The molecule has 0 bridgehead atoms. The number of carbonyl (C=O) groups is 2. The van der Waals surface area contributed by atoms with Crippen LogP contribution in [0.25, 0.3) is 0 Å². The number of hydrogen-bond donors (Lipinski definition) is 0. The molecule has 0 N–H and O–H groups in total. The van der Waals surface area contributed by atoms with E-state index >= 15 is 0 Å². The molecule has 0 saturated carbocycles. The van der Waals surface area contributed by atoms with Crippen molar-refractivity contribution in [3.8, 4) is 0 Å². The molecule has 2 saturated heterocycles. The van der Waals surface area contributed by atoms with Gasteiger partial charge in [-0.15, -0.1) is 0 Å². The zero-order valence-corrected chi connectivity index (χ0v) is 14.0. The van der Waals surface area contributed by atoms with Crippen LogP contribution in [0.3, 0.4) is 0 Å². The largest absolute Gasteiger partial charge is 0.370 e. The average molecular weight is 337 g/mol. The molecule has 23 heavy (non-hydrogen) atoms. The molecule has 3 rings (SSSR count). The van der Waals surface area contributed by atoms with Gasteiger partial charge in [0, 0.05) is 37.5 Å². The van der Waals surface area contributed by atoms with E-state index in [0.29, 0.717) is 37.7 Å². The summed E-state index contributed by atoms with van der Waals surface area (Å²) in [6, 6.07) is 7.52. The fourth-order valence-electron chi connectivity index (χ4n) is 3.14. The van der Waals surface area contributed by atoms with Crippen LogP contribution in [0.4, 0.5) is 0 Å². The number of ether oxygens (including phenoxy) is 1. The van der Waals surface area contributed by atoms with Crippen LogP contribution in [-0.2, 0) is 14.3 Å². The average Bonchev–Trinajstić information content (AvgIpc) is 2.57. The highest BCUT2D eigenvalue weighted by Gasteiger charge is 2.34. The van der Waals surface area contributed by atoms with Gasteiger partial charge in [-0.25, -0.2) is 0 Å². The number of halogens is 1. The highest BCUT2D eigenvalue weighted by Crippen LogP contribution is 2.26. The molecule has 1 aromatic carbocycles. The molecule has 2 amide bonds. The number of benzene rings is 1. The summed E-state index contributed by atoms with van der Waals surface area (Å²) >= 11 is 5.92. The molecule has 0 spiro atoms. The van der Waals surface area contributed by atoms with E-state index < -0.39 is 0 Å². The Bertz CT molecular complexity index is 590. The minimum atomic E-state index is -0.192. The van der Waals surface area contributed by atoms with Gasteiger partial charge in [0.05, 0.1) is 13.2 Å². The monoisotopic (exact) mass is 336 g/mol. The third-order valence-electron chi connectivity index (χ3n) is 4.63. The SMILES string of the molecule is CN1CCC(C(=O)N2CCOC(c3ccc(Cl)cc3)C2)CC1=O. The molecule has 6 heteroatoms. The van der Waals surface area contributed by atoms with Crippen molar-refractivity contribution < 1.29 is 14.3 Å². The molecule has 124 valence electrons. The lowest BCUT2D eigenvalue weighted by atomic mass is 9.94. The summed E-state index contributed by atoms with van der Waals surface area (Å²) in [6.45, 7) is 2.28. The van der Waals surface area contributed by atoms with Gasteiger partial charge in [-0.2, -0.15) is 0 Å². The number of hydrogen-bond acceptors (Lipinski definition) is 3. The van der Waals surface area contributed by atoms with Gasteiger partial charge in [0.25, 0.3) is 0 Å². The lowest BCUT2D eigenvalue weighted by molar-refractivity contribution is -0.149. The van der Waals surface area contributed by atoms with E-state index in [2.05, 4.69) is 0 Å². The van der Waals surface area contributed by atoms with Gasteiger partial charge in [-0.3, -0.25) is 9.59 Å². The lowest BCUT2D eigenvalue weighted by Crippen LogP contribution is -2.48. The minimum absolute atomic E-state index is 0.0529. The van der Waals surface area contributed by atoms with Gasteiger partial charge in [0.15, 0.2) is 0 Å². The van der Waals surface area contributed by atoms with Gasteiger partial charge in [0.1, 0.15) is 6.10 Å². The van der Waals surface area contributed by atoms with E-state index in [1.165, 1.54) is 0 Å². The molecule has 0 radical (unpaired) electrons. The van der Waals surface area contributed by atoms with Crippen molar-refractivity contribution in [1.29, 1.82) is 0 Å². The van der Waals surface area contributed by atoms with Gasteiger partial charge >= 0.3 is 0 Å². The molecular formula is C17H21ClN2O3. The third kappa shape index (κ3) is 3.67. The van der Waals surface area contributed by atoms with E-state index in [1.807, 2.05) is 29.2 Å². The Morgan fingerprint density at radius 2 is 2.00 bits per heavy atom. The topological polar surface area (TPSA) is 49.9 Å². The molecule has 0 aromatic heterocycles. The molecule has 1 aromatic rings. The van der Waals surface area contributed by atoms with Crippen LogP contribution in [0.15, 0.2) is 24.3 Å². The fraction of sp³-hybridized carbons (Fsp3) is 0.529. The van der Waals surface area contributed by atoms with Gasteiger partial charge < -0.3 is 14.5 Å². The van der Waals surface area contributed by atoms with Crippen molar-refractivity contribution in [2.45, 2.75) is 18.9 Å².